The molecule has 0 aromatic rings. The van der Waals surface area contributed by atoms with Gasteiger partial charge in [0.15, 0.2) is 0 Å². The van der Waals surface area contributed by atoms with Gasteiger partial charge < -0.3 is 23.6 Å². The van der Waals surface area contributed by atoms with E-state index in [-0.39, 0.29) is 42.6 Å². The van der Waals surface area contributed by atoms with Crippen molar-refractivity contribution < 1.29 is 28.1 Å². The summed E-state index contributed by atoms with van der Waals surface area (Å²) < 4.78 is 42.5. The van der Waals surface area contributed by atoms with Gasteiger partial charge in [-0.2, -0.15) is 12.6 Å². The molecular weight excluding hydrogens is 513 g/mol. The topological polar surface area (TPSA) is 84.0 Å². The first kappa shape index (κ1) is 31.4. The van der Waals surface area contributed by atoms with E-state index >= 15 is 0 Å². The number of morpholine rings is 2. The maximum Gasteiger partial charge on any atom is 0.346 e. The van der Waals surface area contributed by atoms with Gasteiger partial charge in [-0.15, -0.1) is 0 Å². The van der Waals surface area contributed by atoms with Gasteiger partial charge in [0.05, 0.1) is 36.8 Å². The Kier molecular flexibility index (Phi) is 11.5. The van der Waals surface area contributed by atoms with Gasteiger partial charge in [0.2, 0.25) is 5.91 Å². The lowest BCUT2D eigenvalue weighted by atomic mass is 9.96. The molecule has 3 aliphatic rings. The monoisotopic (exact) mass is 556 g/mol. The van der Waals surface area contributed by atoms with E-state index in [1.807, 2.05) is 25.4 Å². The number of rotatable bonds is 9. The highest BCUT2D eigenvalue weighted by Gasteiger charge is 2.45. The molecule has 5 atom stereocenters. The third kappa shape index (κ3) is 8.95. The average molecular weight is 556 g/mol. The lowest BCUT2D eigenvalue weighted by Gasteiger charge is -2.47. The van der Waals surface area contributed by atoms with Gasteiger partial charge in [-0.25, -0.2) is 9.34 Å². The fraction of sp³-hybridized carbons (Fsp3) is 0.957. The van der Waals surface area contributed by atoms with Crippen LogP contribution in [0.4, 0.5) is 0 Å². The predicted molar refractivity (Wildman–Crippen MR) is 148 cm³/mol. The molecule has 3 aliphatic heterocycles. The Hall–Kier alpha value is -0.100. The highest BCUT2D eigenvalue weighted by molar-refractivity contribution is 7.81. The summed E-state index contributed by atoms with van der Waals surface area (Å²) in [5, 5.41) is 0. The minimum atomic E-state index is -3.55. The second-order valence-electron chi connectivity index (χ2n) is 11.2. The second kappa shape index (κ2) is 13.5. The summed E-state index contributed by atoms with van der Waals surface area (Å²) >= 11 is 4.11. The summed E-state index contributed by atoms with van der Waals surface area (Å²) in [5.41, 5.74) is -0.342. The molecule has 208 valence electrons. The van der Waals surface area contributed by atoms with Gasteiger partial charge in [-0.1, -0.05) is 0 Å². The Labute approximate surface area is 230 Å². The van der Waals surface area contributed by atoms with Crippen molar-refractivity contribution in [3.63, 3.8) is 0 Å². The number of ether oxygens (including phenoxy) is 3. The van der Waals surface area contributed by atoms with Crippen LogP contribution < -0.4 is 0 Å². The van der Waals surface area contributed by atoms with Crippen LogP contribution in [0.5, 0.6) is 0 Å². The molecule has 0 aliphatic carbocycles. The second-order valence-corrected chi connectivity index (χ2v) is 13.9. The van der Waals surface area contributed by atoms with Gasteiger partial charge in [0.25, 0.3) is 0 Å². The zero-order valence-electron chi connectivity index (χ0n) is 23.0. The smallest absolute Gasteiger partial charge is 0.346 e. The largest absolute Gasteiger partial charge is 0.380 e. The van der Waals surface area contributed by atoms with E-state index in [0.29, 0.717) is 58.5 Å². The standard InChI is InChI=1S/C23H43B2N4O6PS/c1-17(2)27-10-18(34-20(24)12-27)15-33-36(31,28-8-6-26(7-9-28)22(30)16-37)29-11-19(35-21(25)13-29)14-32-23(3,4)5/h17-21,37H,6-16H2,1-5H3. The van der Waals surface area contributed by atoms with Crippen molar-refractivity contribution in [3.8, 4) is 0 Å². The van der Waals surface area contributed by atoms with Crippen molar-refractivity contribution in [3.05, 3.63) is 0 Å². The van der Waals surface area contributed by atoms with Crippen molar-refractivity contribution in [2.24, 2.45) is 0 Å². The Balaban J connectivity index is 1.76. The fourth-order valence-electron chi connectivity index (χ4n) is 4.73. The van der Waals surface area contributed by atoms with E-state index in [9.17, 15) is 9.36 Å². The predicted octanol–water partition coefficient (Wildman–Crippen LogP) is 0.799. The lowest BCUT2D eigenvalue weighted by molar-refractivity contribution is -0.129. The van der Waals surface area contributed by atoms with E-state index in [4.69, 9.17) is 34.4 Å². The molecule has 37 heavy (non-hydrogen) atoms. The first-order valence-corrected chi connectivity index (χ1v) is 15.3. The van der Waals surface area contributed by atoms with E-state index < -0.39 is 19.7 Å². The maximum atomic E-state index is 14.8. The highest BCUT2D eigenvalue weighted by atomic mass is 32.1. The van der Waals surface area contributed by atoms with Gasteiger partial charge in [-0.05, 0) is 34.6 Å². The maximum absolute atomic E-state index is 14.8. The molecular formula is C23H43B2N4O6PS. The molecule has 1 amide bonds. The summed E-state index contributed by atoms with van der Waals surface area (Å²) in [6.45, 7) is 14.2. The molecule has 0 saturated carbocycles. The van der Waals surface area contributed by atoms with Crippen LogP contribution in [0, 0.1) is 0 Å². The molecule has 0 spiro atoms. The quantitative estimate of drug-likeness (QED) is 0.252. The fourth-order valence-corrected chi connectivity index (χ4v) is 7.41. The summed E-state index contributed by atoms with van der Waals surface area (Å²) in [6.07, 6.45) is -0.677. The van der Waals surface area contributed by atoms with Crippen LogP contribution in [0.2, 0.25) is 0 Å². The van der Waals surface area contributed by atoms with Crippen molar-refractivity contribution in [1.29, 1.82) is 0 Å². The minimum absolute atomic E-state index is 0.0371. The van der Waals surface area contributed by atoms with E-state index in [1.54, 1.807) is 9.57 Å². The Morgan fingerprint density at radius 2 is 1.57 bits per heavy atom. The lowest BCUT2D eigenvalue weighted by Crippen LogP contribution is -2.55. The molecule has 0 bridgehead atoms. The van der Waals surface area contributed by atoms with Crippen molar-refractivity contribution in [2.45, 2.75) is 70.5 Å². The molecule has 3 saturated heterocycles. The highest BCUT2D eigenvalue weighted by Crippen LogP contribution is 2.55. The Bertz CT molecular complexity index is 802. The molecule has 10 nitrogen and oxygen atoms in total. The van der Waals surface area contributed by atoms with E-state index in [2.05, 4.69) is 31.4 Å². The SMILES string of the molecule is [B]C1CN(C(C)C)CC(COP(=O)(N2CCN(C(=O)CS)CC2)N2CC([B])OC(COC(C)(C)C)C2)O1. The summed E-state index contributed by atoms with van der Waals surface area (Å²) in [4.78, 5) is 16.1. The first-order valence-electron chi connectivity index (χ1n) is 13.1. The zero-order chi connectivity index (χ0) is 27.4. The number of hydrogen-bond acceptors (Lipinski definition) is 8. The molecule has 3 heterocycles. The first-order chi connectivity index (χ1) is 17.3. The number of carbonyl (C=O) groups excluding carboxylic acids is 1. The molecule has 4 radical (unpaired) electrons. The summed E-state index contributed by atoms with van der Waals surface area (Å²) in [6, 6.07) is -0.764. The zero-order valence-corrected chi connectivity index (χ0v) is 24.7. The Morgan fingerprint density at radius 1 is 0.973 bits per heavy atom. The van der Waals surface area contributed by atoms with Gasteiger partial charge in [-0.3, -0.25) is 14.3 Å². The van der Waals surface area contributed by atoms with E-state index in [0.717, 1.165) is 0 Å². The number of amides is 1. The van der Waals surface area contributed by atoms with E-state index in [1.165, 1.54) is 0 Å². The minimum Gasteiger partial charge on any atom is -0.380 e. The average Bonchev–Trinajstić information content (AvgIpc) is 2.84. The molecule has 3 rings (SSSR count). The van der Waals surface area contributed by atoms with Crippen LogP contribution in [0.25, 0.3) is 0 Å². The van der Waals surface area contributed by atoms with Crippen molar-refractivity contribution in [1.82, 2.24) is 19.1 Å². The van der Waals surface area contributed by atoms with Gasteiger partial charge in [0, 0.05) is 70.4 Å². The van der Waals surface area contributed by atoms with Gasteiger partial charge in [0.1, 0.15) is 15.7 Å². The number of piperazine rings is 1. The summed E-state index contributed by atoms with van der Waals surface area (Å²) in [7, 11) is 8.84. The molecule has 5 unspecified atom stereocenters. The van der Waals surface area contributed by atoms with Crippen LogP contribution in [0.15, 0.2) is 0 Å². The molecule has 0 N–H and O–H groups in total. The third-order valence-corrected chi connectivity index (χ3v) is 9.62. The molecule has 0 aromatic heterocycles. The van der Waals surface area contributed by atoms with Crippen LogP contribution >= 0.6 is 20.3 Å². The van der Waals surface area contributed by atoms with Crippen molar-refractivity contribution in [2.75, 3.05) is 71.3 Å². The molecule has 14 heteroatoms. The summed E-state index contributed by atoms with van der Waals surface area (Å²) in [5.74, 6) is 0.109. The van der Waals surface area contributed by atoms with Crippen molar-refractivity contribution >= 4 is 41.9 Å². The number of hydrogen-bond donors (Lipinski definition) is 1. The normalized spacial score (nSPS) is 30.9. The molecule has 3 fully saturated rings. The third-order valence-electron chi connectivity index (χ3n) is 6.71. The van der Waals surface area contributed by atoms with Gasteiger partial charge >= 0.3 is 7.67 Å². The number of nitrogens with zero attached hydrogens (tertiary/aromatic N) is 4. The van der Waals surface area contributed by atoms with Crippen LogP contribution in [0.3, 0.4) is 0 Å². The Morgan fingerprint density at radius 3 is 2.14 bits per heavy atom. The van der Waals surface area contributed by atoms with Crippen LogP contribution in [0.1, 0.15) is 34.6 Å². The number of thiol groups is 1. The molecule has 0 aromatic carbocycles. The van der Waals surface area contributed by atoms with Crippen LogP contribution in [-0.4, -0.2) is 148 Å². The van der Waals surface area contributed by atoms with Crippen LogP contribution in [-0.2, 0) is 28.1 Å². The number of carbonyl (C=O) groups is 1.